The van der Waals surface area contributed by atoms with Gasteiger partial charge in [0.1, 0.15) is 5.65 Å². The fourth-order valence-corrected chi connectivity index (χ4v) is 3.86. The van der Waals surface area contributed by atoms with E-state index in [9.17, 15) is 8.42 Å². The maximum absolute atomic E-state index is 11.7. The lowest BCUT2D eigenvalue weighted by Gasteiger charge is -2.26. The first-order valence-corrected chi connectivity index (χ1v) is 10.5. The van der Waals surface area contributed by atoms with Crippen LogP contribution in [-0.2, 0) is 9.84 Å². The largest absolute Gasteiger partial charge is 0.380 e. The van der Waals surface area contributed by atoms with E-state index in [1.54, 1.807) is 18.3 Å². The van der Waals surface area contributed by atoms with Gasteiger partial charge in [0.2, 0.25) is 0 Å². The molecule has 1 aliphatic rings. The third kappa shape index (κ3) is 3.30. The number of aromatic amines is 1. The highest BCUT2D eigenvalue weighted by molar-refractivity contribution is 7.90. The van der Waals surface area contributed by atoms with Crippen LogP contribution in [0, 0.1) is 0 Å². The molecule has 0 radical (unpaired) electrons. The smallest absolute Gasteiger partial charge is 0.177 e. The molecule has 7 nitrogen and oxygen atoms in total. The van der Waals surface area contributed by atoms with Gasteiger partial charge in [-0.05, 0) is 37.6 Å². The number of nitrogens with one attached hydrogen (secondary N) is 3. The van der Waals surface area contributed by atoms with Crippen molar-refractivity contribution in [3.05, 3.63) is 36.8 Å². The topological polar surface area (TPSA) is 99.8 Å². The fourth-order valence-electron chi connectivity index (χ4n) is 3.30. The summed E-state index contributed by atoms with van der Waals surface area (Å²) < 4.78 is 23.3. The molecule has 0 unspecified atom stereocenters. The highest BCUT2D eigenvalue weighted by Crippen LogP contribution is 2.33. The minimum absolute atomic E-state index is 0.211. The first-order valence-electron chi connectivity index (χ1n) is 8.62. The van der Waals surface area contributed by atoms with Crippen LogP contribution >= 0.6 is 0 Å². The number of rotatable bonds is 4. The summed E-state index contributed by atoms with van der Waals surface area (Å²) >= 11 is 0. The summed E-state index contributed by atoms with van der Waals surface area (Å²) in [6.45, 7) is 1.96. The van der Waals surface area contributed by atoms with Crippen LogP contribution in [0.2, 0.25) is 0 Å². The van der Waals surface area contributed by atoms with E-state index in [2.05, 4.69) is 25.6 Å². The Balaban J connectivity index is 1.77. The summed E-state index contributed by atoms with van der Waals surface area (Å²) in [6, 6.07) is 5.65. The van der Waals surface area contributed by atoms with Gasteiger partial charge >= 0.3 is 0 Å². The van der Waals surface area contributed by atoms with Crippen LogP contribution in [0.5, 0.6) is 0 Å². The van der Waals surface area contributed by atoms with E-state index in [1.807, 2.05) is 12.3 Å². The van der Waals surface area contributed by atoms with Gasteiger partial charge in [-0.1, -0.05) is 0 Å². The molecule has 1 atom stereocenters. The van der Waals surface area contributed by atoms with Gasteiger partial charge in [0.25, 0.3) is 0 Å². The van der Waals surface area contributed by atoms with Crippen LogP contribution in [0.4, 0.5) is 5.69 Å². The minimum Gasteiger partial charge on any atom is -0.380 e. The summed E-state index contributed by atoms with van der Waals surface area (Å²) in [4.78, 5) is 12.2. The molecule has 4 rings (SSSR count). The third-order valence-corrected chi connectivity index (χ3v) is 5.77. The molecule has 3 aromatic heterocycles. The lowest BCUT2D eigenvalue weighted by atomic mass is 10.0. The van der Waals surface area contributed by atoms with E-state index in [0.29, 0.717) is 11.7 Å². The van der Waals surface area contributed by atoms with E-state index < -0.39 is 9.84 Å². The normalized spacial score (nSPS) is 18.1. The molecule has 0 bridgehead atoms. The maximum atomic E-state index is 11.7. The van der Waals surface area contributed by atoms with E-state index in [-0.39, 0.29) is 4.90 Å². The van der Waals surface area contributed by atoms with Crippen molar-refractivity contribution in [1.82, 2.24) is 20.3 Å². The van der Waals surface area contributed by atoms with Gasteiger partial charge in [-0.25, -0.2) is 13.4 Å². The number of aromatic nitrogens is 3. The van der Waals surface area contributed by atoms with E-state index in [0.717, 1.165) is 48.2 Å². The molecule has 26 heavy (non-hydrogen) atoms. The number of pyridine rings is 2. The van der Waals surface area contributed by atoms with Crippen LogP contribution in [0.15, 0.2) is 41.7 Å². The Morgan fingerprint density at radius 2 is 2.08 bits per heavy atom. The Labute approximate surface area is 152 Å². The minimum atomic E-state index is -3.27. The van der Waals surface area contributed by atoms with Gasteiger partial charge in [-0.3, -0.25) is 4.98 Å². The predicted octanol–water partition coefficient (Wildman–Crippen LogP) is 2.19. The average Bonchev–Trinajstić information content (AvgIpc) is 3.11. The first-order chi connectivity index (χ1) is 12.5. The van der Waals surface area contributed by atoms with Gasteiger partial charge in [0, 0.05) is 48.4 Å². The zero-order chi connectivity index (χ0) is 18.1. The highest BCUT2D eigenvalue weighted by atomic mass is 32.2. The molecule has 1 saturated heterocycles. The molecule has 1 fully saturated rings. The molecule has 1 aliphatic heterocycles. The van der Waals surface area contributed by atoms with E-state index in [1.165, 1.54) is 12.5 Å². The molecule has 0 saturated carbocycles. The van der Waals surface area contributed by atoms with Crippen LogP contribution in [0.25, 0.3) is 22.3 Å². The number of piperidine rings is 1. The number of H-pyrrole nitrogens is 1. The number of hydrogen-bond donors (Lipinski definition) is 3. The molecule has 0 spiro atoms. The van der Waals surface area contributed by atoms with Crippen molar-refractivity contribution in [2.45, 2.75) is 23.8 Å². The quantitative estimate of drug-likeness (QED) is 0.650. The van der Waals surface area contributed by atoms with Crippen molar-refractivity contribution in [3.8, 4) is 11.3 Å². The second-order valence-electron chi connectivity index (χ2n) is 6.63. The molecule has 3 N–H and O–H groups in total. The van der Waals surface area contributed by atoms with Gasteiger partial charge in [0.05, 0.1) is 16.3 Å². The summed E-state index contributed by atoms with van der Waals surface area (Å²) in [5.41, 5.74) is 3.35. The molecule has 136 valence electrons. The van der Waals surface area contributed by atoms with E-state index >= 15 is 0 Å². The Morgan fingerprint density at radius 1 is 1.19 bits per heavy atom. The van der Waals surface area contributed by atoms with Crippen molar-refractivity contribution in [2.24, 2.45) is 0 Å². The third-order valence-electron chi connectivity index (χ3n) is 4.67. The number of hydrogen-bond acceptors (Lipinski definition) is 6. The molecular weight excluding hydrogens is 350 g/mol. The Morgan fingerprint density at radius 3 is 2.77 bits per heavy atom. The molecule has 0 amide bonds. The van der Waals surface area contributed by atoms with Gasteiger partial charge in [0.15, 0.2) is 9.84 Å². The predicted molar refractivity (Wildman–Crippen MR) is 102 cm³/mol. The van der Waals surface area contributed by atoms with Gasteiger partial charge in [-0.15, -0.1) is 0 Å². The standard InChI is InChI=1S/C18H21N5O2S/c1-26(24,25)13-4-5-16(21-10-13)15-11-22-18-14(6-8-20-18)17(15)23-12-3-2-7-19-9-12/h4-6,8,10-12,19H,2-3,7,9H2,1H3,(H2,20,22,23)/t12-/m1/s1. The summed E-state index contributed by atoms with van der Waals surface area (Å²) in [5.74, 6) is 0. The number of anilines is 1. The second kappa shape index (κ2) is 6.69. The first kappa shape index (κ1) is 17.0. The number of fused-ring (bicyclic) bond motifs is 1. The Bertz CT molecular complexity index is 1020. The lowest BCUT2D eigenvalue weighted by molar-refractivity contribution is 0.480. The van der Waals surface area contributed by atoms with Crippen molar-refractivity contribution in [2.75, 3.05) is 24.7 Å². The lowest BCUT2D eigenvalue weighted by Crippen LogP contribution is -2.38. The zero-order valence-corrected chi connectivity index (χ0v) is 15.3. The maximum Gasteiger partial charge on any atom is 0.177 e. The molecule has 4 heterocycles. The summed E-state index contributed by atoms with van der Waals surface area (Å²) in [7, 11) is -3.27. The number of sulfone groups is 1. The highest BCUT2D eigenvalue weighted by Gasteiger charge is 2.19. The average molecular weight is 371 g/mol. The molecular formula is C18H21N5O2S. The Kier molecular flexibility index (Phi) is 4.37. The van der Waals surface area contributed by atoms with Gasteiger partial charge in [-0.2, -0.15) is 0 Å². The zero-order valence-electron chi connectivity index (χ0n) is 14.5. The summed E-state index contributed by atoms with van der Waals surface area (Å²) in [5, 5.41) is 8.06. The van der Waals surface area contributed by atoms with Gasteiger partial charge < -0.3 is 15.6 Å². The van der Waals surface area contributed by atoms with Crippen molar-refractivity contribution < 1.29 is 8.42 Å². The van der Waals surface area contributed by atoms with Crippen LogP contribution in [-0.4, -0.2) is 48.8 Å². The van der Waals surface area contributed by atoms with Crippen LogP contribution in [0.1, 0.15) is 12.8 Å². The molecule has 3 aromatic rings. The molecule has 0 aliphatic carbocycles. The number of nitrogens with zero attached hydrogens (tertiary/aromatic N) is 2. The summed E-state index contributed by atoms with van der Waals surface area (Å²) in [6.07, 6.45) is 8.46. The Hall–Kier alpha value is -2.45. The molecule has 8 heteroatoms. The van der Waals surface area contributed by atoms with Crippen molar-refractivity contribution >= 4 is 26.6 Å². The van der Waals surface area contributed by atoms with Crippen LogP contribution in [0.3, 0.4) is 0 Å². The fraction of sp³-hybridized carbons (Fsp3) is 0.333. The second-order valence-corrected chi connectivity index (χ2v) is 8.64. The molecule has 0 aromatic carbocycles. The monoisotopic (exact) mass is 371 g/mol. The SMILES string of the molecule is CS(=O)(=O)c1ccc(-c2cnc3[nH]ccc3c2N[C@@H]2CCCNC2)nc1. The van der Waals surface area contributed by atoms with E-state index in [4.69, 9.17) is 0 Å². The van der Waals surface area contributed by atoms with Crippen LogP contribution < -0.4 is 10.6 Å². The van der Waals surface area contributed by atoms with Crippen molar-refractivity contribution in [3.63, 3.8) is 0 Å². The van der Waals surface area contributed by atoms with Crippen molar-refractivity contribution in [1.29, 1.82) is 0 Å².